The molecule has 0 amide bonds. The molecule has 1 aliphatic rings. The Morgan fingerprint density at radius 2 is 2.05 bits per heavy atom. The molecule has 19 heavy (non-hydrogen) atoms. The van der Waals surface area contributed by atoms with Crippen LogP contribution in [0, 0.1) is 0 Å². The molecule has 1 aromatic heterocycles. The molecule has 0 N–H and O–H groups in total. The Hall–Kier alpha value is -0.920. The van der Waals surface area contributed by atoms with E-state index in [-0.39, 0.29) is 6.04 Å². The lowest BCUT2D eigenvalue weighted by Crippen LogP contribution is -2.48. The molecule has 0 aromatic carbocycles. The van der Waals surface area contributed by atoms with Gasteiger partial charge in [-0.2, -0.15) is 0 Å². The van der Waals surface area contributed by atoms with E-state index < -0.39 is 10.0 Å². The van der Waals surface area contributed by atoms with E-state index in [2.05, 4.69) is 9.97 Å². The minimum atomic E-state index is -3.17. The molecule has 106 valence electrons. The van der Waals surface area contributed by atoms with Crippen molar-refractivity contribution in [3.8, 4) is 0 Å². The van der Waals surface area contributed by atoms with E-state index in [1.165, 1.54) is 10.6 Å². The number of aromatic nitrogens is 2. The molecule has 1 aliphatic heterocycles. The van der Waals surface area contributed by atoms with E-state index in [4.69, 9.17) is 11.6 Å². The molecule has 0 radical (unpaired) electrons. The fourth-order valence-electron chi connectivity index (χ4n) is 2.17. The summed E-state index contributed by atoms with van der Waals surface area (Å²) in [5.41, 5.74) is 0. The van der Waals surface area contributed by atoms with Gasteiger partial charge in [0.25, 0.3) is 0 Å². The van der Waals surface area contributed by atoms with Gasteiger partial charge in [-0.3, -0.25) is 0 Å². The Labute approximate surface area is 118 Å². The van der Waals surface area contributed by atoms with Crippen molar-refractivity contribution in [2.24, 2.45) is 0 Å². The molecular formula is C11H17ClN4O2S. The van der Waals surface area contributed by atoms with E-state index in [9.17, 15) is 8.42 Å². The van der Waals surface area contributed by atoms with Crippen molar-refractivity contribution in [3.05, 3.63) is 17.4 Å². The van der Waals surface area contributed by atoms with Crippen LogP contribution in [0.2, 0.25) is 5.02 Å². The number of nitrogens with zero attached hydrogens (tertiary/aromatic N) is 4. The van der Waals surface area contributed by atoms with E-state index >= 15 is 0 Å². The molecule has 0 unspecified atom stereocenters. The second kappa shape index (κ2) is 5.60. The maximum Gasteiger partial charge on any atom is 0.225 e. The van der Waals surface area contributed by atoms with Crippen molar-refractivity contribution in [1.82, 2.24) is 14.3 Å². The number of hydrogen-bond donors (Lipinski definition) is 0. The first-order valence-electron chi connectivity index (χ1n) is 6.03. The van der Waals surface area contributed by atoms with Gasteiger partial charge in [-0.25, -0.2) is 22.7 Å². The van der Waals surface area contributed by atoms with Crippen molar-refractivity contribution in [2.45, 2.75) is 18.9 Å². The molecule has 1 atom stereocenters. The summed E-state index contributed by atoms with van der Waals surface area (Å²) in [4.78, 5) is 10.3. The maximum absolute atomic E-state index is 11.6. The number of halogens is 1. The van der Waals surface area contributed by atoms with Crippen LogP contribution in [0.3, 0.4) is 0 Å². The molecule has 6 nitrogen and oxygen atoms in total. The summed E-state index contributed by atoms with van der Waals surface area (Å²) in [5.74, 6) is 0.594. The smallest absolute Gasteiger partial charge is 0.225 e. The zero-order valence-electron chi connectivity index (χ0n) is 11.0. The SMILES string of the molecule is CN([C@@H]1CCCN(c2ncc(Cl)cn2)C1)S(C)(=O)=O. The van der Waals surface area contributed by atoms with E-state index in [0.29, 0.717) is 17.5 Å². The van der Waals surface area contributed by atoms with Crippen LogP contribution >= 0.6 is 11.6 Å². The van der Waals surface area contributed by atoms with Gasteiger partial charge in [-0.15, -0.1) is 0 Å². The van der Waals surface area contributed by atoms with Gasteiger partial charge in [0, 0.05) is 26.2 Å². The quantitative estimate of drug-likeness (QED) is 0.833. The maximum atomic E-state index is 11.6. The Morgan fingerprint density at radius 3 is 2.63 bits per heavy atom. The Morgan fingerprint density at radius 1 is 1.42 bits per heavy atom. The van der Waals surface area contributed by atoms with Crippen LogP contribution in [-0.4, -0.2) is 55.1 Å². The monoisotopic (exact) mass is 304 g/mol. The number of likely N-dealkylation sites (N-methyl/N-ethyl adjacent to an activating group) is 1. The lowest BCUT2D eigenvalue weighted by atomic mass is 10.1. The molecule has 0 bridgehead atoms. The molecule has 0 saturated carbocycles. The van der Waals surface area contributed by atoms with Gasteiger partial charge in [0.05, 0.1) is 23.7 Å². The van der Waals surface area contributed by atoms with Crippen molar-refractivity contribution >= 4 is 27.6 Å². The van der Waals surface area contributed by atoms with E-state index in [1.54, 1.807) is 19.4 Å². The van der Waals surface area contributed by atoms with E-state index in [0.717, 1.165) is 19.4 Å². The summed E-state index contributed by atoms with van der Waals surface area (Å²) in [5, 5.41) is 0.491. The number of rotatable bonds is 3. The summed E-state index contributed by atoms with van der Waals surface area (Å²) in [6, 6.07) is -0.0389. The highest BCUT2D eigenvalue weighted by atomic mass is 35.5. The van der Waals surface area contributed by atoms with Crippen LogP contribution in [0.1, 0.15) is 12.8 Å². The predicted molar refractivity (Wildman–Crippen MR) is 74.9 cm³/mol. The van der Waals surface area contributed by atoms with Gasteiger partial charge in [-0.05, 0) is 12.8 Å². The standard InChI is InChI=1S/C11H17ClN4O2S/c1-15(19(2,17)18)10-4-3-5-16(8-10)11-13-6-9(12)7-14-11/h6-7,10H,3-5,8H2,1-2H3/t10-/m1/s1. The Balaban J connectivity index is 2.11. The van der Waals surface area contributed by atoms with Crippen molar-refractivity contribution in [3.63, 3.8) is 0 Å². The second-order valence-corrected chi connectivity index (χ2v) is 7.20. The van der Waals surface area contributed by atoms with Crippen molar-refractivity contribution in [1.29, 1.82) is 0 Å². The summed E-state index contributed by atoms with van der Waals surface area (Å²) in [7, 11) is -1.55. The second-order valence-electron chi connectivity index (χ2n) is 4.72. The van der Waals surface area contributed by atoms with E-state index in [1.807, 2.05) is 4.90 Å². The third-order valence-electron chi connectivity index (χ3n) is 3.32. The molecular weight excluding hydrogens is 288 g/mol. The molecule has 8 heteroatoms. The molecule has 1 fully saturated rings. The molecule has 0 spiro atoms. The Kier molecular flexibility index (Phi) is 4.27. The highest BCUT2D eigenvalue weighted by molar-refractivity contribution is 7.88. The van der Waals surface area contributed by atoms with Gasteiger partial charge in [0.15, 0.2) is 0 Å². The fraction of sp³-hybridized carbons (Fsp3) is 0.636. The number of anilines is 1. The summed E-state index contributed by atoms with van der Waals surface area (Å²) in [6.07, 6.45) is 6.09. The van der Waals surface area contributed by atoms with Crippen LogP contribution in [0.4, 0.5) is 5.95 Å². The highest BCUT2D eigenvalue weighted by Crippen LogP contribution is 2.20. The molecule has 0 aliphatic carbocycles. The van der Waals surface area contributed by atoms with Gasteiger partial charge >= 0.3 is 0 Å². The van der Waals surface area contributed by atoms with Crippen LogP contribution < -0.4 is 4.90 Å². The minimum Gasteiger partial charge on any atom is -0.339 e. The zero-order valence-corrected chi connectivity index (χ0v) is 12.5. The molecule has 1 saturated heterocycles. The third-order valence-corrected chi connectivity index (χ3v) is 4.86. The lowest BCUT2D eigenvalue weighted by molar-refractivity contribution is 0.320. The van der Waals surface area contributed by atoms with Gasteiger partial charge in [0.1, 0.15) is 0 Å². The highest BCUT2D eigenvalue weighted by Gasteiger charge is 2.28. The average molecular weight is 305 g/mol. The molecule has 2 rings (SSSR count). The van der Waals surface area contributed by atoms with Gasteiger partial charge in [0.2, 0.25) is 16.0 Å². The van der Waals surface area contributed by atoms with Crippen LogP contribution in [-0.2, 0) is 10.0 Å². The van der Waals surface area contributed by atoms with Gasteiger partial charge < -0.3 is 4.90 Å². The first-order valence-corrected chi connectivity index (χ1v) is 8.26. The van der Waals surface area contributed by atoms with Crippen LogP contribution in [0.25, 0.3) is 0 Å². The third kappa shape index (κ3) is 3.55. The molecule has 1 aromatic rings. The number of hydrogen-bond acceptors (Lipinski definition) is 5. The largest absolute Gasteiger partial charge is 0.339 e. The predicted octanol–water partition coefficient (Wildman–Crippen LogP) is 0.990. The average Bonchev–Trinajstić information content (AvgIpc) is 2.38. The summed E-state index contributed by atoms with van der Waals surface area (Å²) >= 11 is 5.76. The van der Waals surface area contributed by atoms with Crippen LogP contribution in [0.5, 0.6) is 0 Å². The number of piperidine rings is 1. The minimum absolute atomic E-state index is 0.0389. The Bertz CT molecular complexity index is 534. The first-order chi connectivity index (χ1) is 8.88. The fourth-order valence-corrected chi connectivity index (χ4v) is 2.98. The summed E-state index contributed by atoms with van der Waals surface area (Å²) < 4.78 is 24.6. The zero-order chi connectivity index (χ0) is 14.0. The summed E-state index contributed by atoms with van der Waals surface area (Å²) in [6.45, 7) is 1.43. The van der Waals surface area contributed by atoms with Crippen LogP contribution in [0.15, 0.2) is 12.4 Å². The lowest BCUT2D eigenvalue weighted by Gasteiger charge is -2.36. The van der Waals surface area contributed by atoms with Gasteiger partial charge in [-0.1, -0.05) is 11.6 Å². The first kappa shape index (κ1) is 14.5. The van der Waals surface area contributed by atoms with Crippen molar-refractivity contribution < 1.29 is 8.42 Å². The normalized spacial score (nSPS) is 20.8. The number of sulfonamides is 1. The molecule has 2 heterocycles. The topological polar surface area (TPSA) is 66.4 Å². The van der Waals surface area contributed by atoms with Crippen molar-refractivity contribution in [2.75, 3.05) is 31.3 Å².